The monoisotopic (exact) mass is 272 g/mol. The quantitative estimate of drug-likeness (QED) is 0.838. The zero-order valence-electron chi connectivity index (χ0n) is 10.8. The molecule has 2 rings (SSSR count). The Labute approximate surface area is 115 Å². The number of hydrogen-bond donors (Lipinski definition) is 0. The van der Waals surface area contributed by atoms with Crippen molar-refractivity contribution in [3.63, 3.8) is 0 Å². The lowest BCUT2D eigenvalue weighted by molar-refractivity contribution is -0.116. The van der Waals surface area contributed by atoms with E-state index in [0.717, 1.165) is 11.1 Å². The van der Waals surface area contributed by atoms with Gasteiger partial charge in [0.05, 0.1) is 16.6 Å². The molecule has 0 aliphatic carbocycles. The third kappa shape index (κ3) is 4.14. The second-order valence-corrected chi connectivity index (χ2v) is 5.96. The highest BCUT2D eigenvalue weighted by Crippen LogP contribution is 2.09. The van der Waals surface area contributed by atoms with Crippen LogP contribution in [0.25, 0.3) is 0 Å². The highest BCUT2D eigenvalue weighted by molar-refractivity contribution is 7.85. The van der Waals surface area contributed by atoms with Crippen LogP contribution in [0.5, 0.6) is 0 Å². The topological polar surface area (TPSA) is 34.1 Å². The van der Waals surface area contributed by atoms with E-state index in [1.54, 1.807) is 0 Å². The fourth-order valence-electron chi connectivity index (χ4n) is 1.79. The van der Waals surface area contributed by atoms with Crippen molar-refractivity contribution in [2.24, 2.45) is 0 Å². The van der Waals surface area contributed by atoms with Gasteiger partial charge in [-0.15, -0.1) is 0 Å². The third-order valence-corrected chi connectivity index (χ3v) is 4.20. The van der Waals surface area contributed by atoms with E-state index in [4.69, 9.17) is 0 Å². The van der Waals surface area contributed by atoms with Crippen molar-refractivity contribution in [2.45, 2.75) is 18.2 Å². The zero-order chi connectivity index (χ0) is 13.7. The van der Waals surface area contributed by atoms with Gasteiger partial charge in [-0.25, -0.2) is 0 Å². The average Bonchev–Trinajstić information content (AvgIpc) is 2.40. The van der Waals surface area contributed by atoms with Gasteiger partial charge >= 0.3 is 0 Å². The molecule has 0 saturated carbocycles. The molecule has 0 saturated heterocycles. The molecule has 2 aromatic rings. The summed E-state index contributed by atoms with van der Waals surface area (Å²) in [6.45, 7) is 1.98. The van der Waals surface area contributed by atoms with Crippen LogP contribution in [0.15, 0.2) is 59.5 Å². The summed E-state index contributed by atoms with van der Waals surface area (Å²) in [5, 5.41) is 0. The summed E-state index contributed by atoms with van der Waals surface area (Å²) in [7, 11) is -1.24. The van der Waals surface area contributed by atoms with Crippen molar-refractivity contribution >= 4 is 16.6 Å². The third-order valence-electron chi connectivity index (χ3n) is 2.82. The molecule has 0 N–H and O–H groups in total. The molecule has 0 radical (unpaired) electrons. The number of Topliss-reactive ketones (excluding diaryl/α,β-unsaturated/α-hetero) is 1. The van der Waals surface area contributed by atoms with Gasteiger partial charge in [0.25, 0.3) is 0 Å². The number of ketones is 1. The van der Waals surface area contributed by atoms with Crippen molar-refractivity contribution in [1.82, 2.24) is 0 Å². The Morgan fingerprint density at radius 2 is 1.63 bits per heavy atom. The predicted octanol–water partition coefficient (Wildman–Crippen LogP) is 2.91. The lowest BCUT2D eigenvalue weighted by Crippen LogP contribution is -2.13. The molecule has 0 aromatic heterocycles. The van der Waals surface area contributed by atoms with Crippen molar-refractivity contribution in [3.05, 3.63) is 65.7 Å². The van der Waals surface area contributed by atoms with Gasteiger partial charge in [-0.3, -0.25) is 9.00 Å². The van der Waals surface area contributed by atoms with Gasteiger partial charge in [0.15, 0.2) is 0 Å². The second kappa shape index (κ2) is 6.43. The summed E-state index contributed by atoms with van der Waals surface area (Å²) >= 11 is 0. The van der Waals surface area contributed by atoms with E-state index in [0.29, 0.717) is 11.3 Å². The van der Waals surface area contributed by atoms with Crippen molar-refractivity contribution in [2.75, 3.05) is 5.75 Å². The SMILES string of the molecule is Cc1ccc([S@](=O)CC(=O)Cc2ccccc2)cc1. The Kier molecular flexibility index (Phi) is 4.63. The first-order valence-electron chi connectivity index (χ1n) is 6.16. The van der Waals surface area contributed by atoms with Crippen LogP contribution in [0.4, 0.5) is 0 Å². The summed E-state index contributed by atoms with van der Waals surface area (Å²) in [5.74, 6) is 0.0860. The molecule has 0 unspecified atom stereocenters. The lowest BCUT2D eigenvalue weighted by atomic mass is 10.1. The average molecular weight is 272 g/mol. The van der Waals surface area contributed by atoms with Gasteiger partial charge in [0, 0.05) is 11.3 Å². The molecule has 1 atom stereocenters. The Balaban J connectivity index is 1.95. The molecule has 0 bridgehead atoms. The van der Waals surface area contributed by atoms with Crippen LogP contribution >= 0.6 is 0 Å². The molecule has 19 heavy (non-hydrogen) atoms. The molecule has 3 heteroatoms. The Morgan fingerprint density at radius 1 is 1.00 bits per heavy atom. The summed E-state index contributed by atoms with van der Waals surface area (Å²) in [5.41, 5.74) is 2.09. The first kappa shape index (κ1) is 13.7. The highest BCUT2D eigenvalue weighted by Gasteiger charge is 2.10. The fraction of sp³-hybridized carbons (Fsp3) is 0.188. The Hall–Kier alpha value is -1.74. The first-order chi connectivity index (χ1) is 9.15. The van der Waals surface area contributed by atoms with Crippen LogP contribution in [0.2, 0.25) is 0 Å². The van der Waals surface area contributed by atoms with E-state index >= 15 is 0 Å². The summed E-state index contributed by atoms with van der Waals surface area (Å²) in [6.07, 6.45) is 0.346. The maximum atomic E-state index is 12.0. The van der Waals surface area contributed by atoms with E-state index in [1.807, 2.05) is 61.5 Å². The van der Waals surface area contributed by atoms with Crippen LogP contribution in [0, 0.1) is 6.92 Å². The lowest BCUT2D eigenvalue weighted by Gasteiger charge is -2.03. The predicted molar refractivity (Wildman–Crippen MR) is 77.6 cm³/mol. The number of benzene rings is 2. The van der Waals surface area contributed by atoms with E-state index in [1.165, 1.54) is 0 Å². The second-order valence-electron chi connectivity index (χ2n) is 4.50. The van der Waals surface area contributed by atoms with Gasteiger partial charge in [0.2, 0.25) is 0 Å². The molecule has 0 aliphatic rings. The molecule has 98 valence electrons. The maximum Gasteiger partial charge on any atom is 0.150 e. The van der Waals surface area contributed by atoms with Crippen LogP contribution < -0.4 is 0 Å². The smallest absolute Gasteiger partial charge is 0.150 e. The van der Waals surface area contributed by atoms with Crippen LogP contribution in [-0.2, 0) is 22.0 Å². The van der Waals surface area contributed by atoms with E-state index in [9.17, 15) is 9.00 Å². The van der Waals surface area contributed by atoms with Gasteiger partial charge in [-0.1, -0.05) is 48.0 Å². The molecule has 0 heterocycles. The van der Waals surface area contributed by atoms with E-state index < -0.39 is 10.8 Å². The van der Waals surface area contributed by atoms with E-state index in [2.05, 4.69) is 0 Å². The molecule has 2 aromatic carbocycles. The van der Waals surface area contributed by atoms with Gasteiger partial charge < -0.3 is 0 Å². The standard InChI is InChI=1S/C16H16O2S/c1-13-7-9-16(10-8-13)19(18)12-15(17)11-14-5-3-2-4-6-14/h2-10H,11-12H2,1H3/t19-/m1/s1. The molecule has 0 aliphatic heterocycles. The number of aryl methyl sites for hydroxylation is 1. The van der Waals surface area contributed by atoms with Crippen molar-refractivity contribution in [3.8, 4) is 0 Å². The number of carbonyl (C=O) groups excluding carboxylic acids is 1. The number of rotatable bonds is 5. The van der Waals surface area contributed by atoms with Crippen LogP contribution in [0.3, 0.4) is 0 Å². The summed E-state index contributed by atoms with van der Waals surface area (Å²) < 4.78 is 12.0. The Bertz CT molecular complexity index is 573. The van der Waals surface area contributed by atoms with E-state index in [-0.39, 0.29) is 11.5 Å². The molecule has 0 fully saturated rings. The number of carbonyl (C=O) groups is 1. The van der Waals surface area contributed by atoms with Gasteiger partial charge in [0.1, 0.15) is 5.78 Å². The zero-order valence-corrected chi connectivity index (χ0v) is 11.7. The normalized spacial score (nSPS) is 12.1. The highest BCUT2D eigenvalue weighted by atomic mass is 32.2. The van der Waals surface area contributed by atoms with Gasteiger partial charge in [-0.2, -0.15) is 0 Å². The fourth-order valence-corrected chi connectivity index (χ4v) is 2.79. The van der Waals surface area contributed by atoms with Crippen LogP contribution in [-0.4, -0.2) is 15.7 Å². The minimum absolute atomic E-state index is 0.00473. The molecule has 0 spiro atoms. The maximum absolute atomic E-state index is 12.0. The minimum Gasteiger partial charge on any atom is -0.298 e. The Morgan fingerprint density at radius 3 is 2.26 bits per heavy atom. The summed E-state index contributed by atoms with van der Waals surface area (Å²) in [6, 6.07) is 17.0. The van der Waals surface area contributed by atoms with Crippen molar-refractivity contribution < 1.29 is 9.00 Å². The van der Waals surface area contributed by atoms with Gasteiger partial charge in [-0.05, 0) is 24.6 Å². The molecular weight excluding hydrogens is 256 g/mol. The van der Waals surface area contributed by atoms with Crippen LogP contribution in [0.1, 0.15) is 11.1 Å². The number of hydrogen-bond acceptors (Lipinski definition) is 2. The first-order valence-corrected chi connectivity index (χ1v) is 7.48. The molecule has 2 nitrogen and oxygen atoms in total. The summed E-state index contributed by atoms with van der Waals surface area (Å²) in [4.78, 5) is 12.6. The molecule has 0 amide bonds. The van der Waals surface area contributed by atoms with Crippen molar-refractivity contribution in [1.29, 1.82) is 0 Å². The largest absolute Gasteiger partial charge is 0.298 e. The molecular formula is C16H16O2S. The minimum atomic E-state index is -1.24.